The van der Waals surface area contributed by atoms with Crippen LogP contribution in [-0.2, 0) is 9.53 Å². The molecule has 1 heterocycles. The molecule has 2 rings (SSSR count). The predicted octanol–water partition coefficient (Wildman–Crippen LogP) is 3.82. The van der Waals surface area contributed by atoms with Gasteiger partial charge in [0.15, 0.2) is 0 Å². The molecule has 1 aromatic carbocycles. The van der Waals surface area contributed by atoms with Crippen LogP contribution < -0.4 is 10.2 Å². The number of anilines is 2. The fraction of sp³-hybridized carbons (Fsp3) is 0.611. The van der Waals surface area contributed by atoms with E-state index in [0.717, 1.165) is 44.8 Å². The van der Waals surface area contributed by atoms with E-state index in [4.69, 9.17) is 4.74 Å². The van der Waals surface area contributed by atoms with Crippen LogP contribution in [0.5, 0.6) is 0 Å². The zero-order valence-electron chi connectivity index (χ0n) is 13.6. The molecule has 1 fully saturated rings. The average molecular weight is 304 g/mol. The summed E-state index contributed by atoms with van der Waals surface area (Å²) in [5.41, 5.74) is 2.08. The number of nitrogens with one attached hydrogen (secondary N) is 1. The number of amides is 1. The number of carbonyl (C=O) groups is 1. The van der Waals surface area contributed by atoms with Gasteiger partial charge in [-0.1, -0.05) is 32.6 Å². The lowest BCUT2D eigenvalue weighted by molar-refractivity contribution is -0.116. The molecule has 1 aliphatic heterocycles. The number of unbranched alkanes of at least 4 members (excludes halogenated alkanes) is 4. The molecule has 1 N–H and O–H groups in total. The van der Waals surface area contributed by atoms with Gasteiger partial charge in [-0.25, -0.2) is 0 Å². The molecule has 0 spiro atoms. The van der Waals surface area contributed by atoms with Crippen LogP contribution in [0.3, 0.4) is 0 Å². The topological polar surface area (TPSA) is 41.6 Å². The molecular formula is C18H28N2O2. The van der Waals surface area contributed by atoms with Gasteiger partial charge in [-0.3, -0.25) is 4.79 Å². The van der Waals surface area contributed by atoms with Crippen molar-refractivity contribution in [2.24, 2.45) is 0 Å². The van der Waals surface area contributed by atoms with Gasteiger partial charge in [0.1, 0.15) is 0 Å². The summed E-state index contributed by atoms with van der Waals surface area (Å²) in [6.07, 6.45) is 6.49. The number of ether oxygens (including phenoxy) is 1. The van der Waals surface area contributed by atoms with Crippen molar-refractivity contribution in [3.8, 4) is 0 Å². The Balaban J connectivity index is 1.72. The summed E-state index contributed by atoms with van der Waals surface area (Å²) in [7, 11) is 0. The number of hydrogen-bond acceptors (Lipinski definition) is 3. The molecule has 0 atom stereocenters. The van der Waals surface area contributed by atoms with Crippen LogP contribution in [0.2, 0.25) is 0 Å². The van der Waals surface area contributed by atoms with Crippen LogP contribution in [0.25, 0.3) is 0 Å². The maximum absolute atomic E-state index is 11.9. The molecule has 0 saturated carbocycles. The van der Waals surface area contributed by atoms with Gasteiger partial charge in [0.05, 0.1) is 13.2 Å². The summed E-state index contributed by atoms with van der Waals surface area (Å²) >= 11 is 0. The summed E-state index contributed by atoms with van der Waals surface area (Å²) in [4.78, 5) is 14.2. The Kier molecular flexibility index (Phi) is 7.23. The molecule has 1 aromatic rings. The zero-order valence-corrected chi connectivity index (χ0v) is 13.6. The molecule has 1 aliphatic rings. The Morgan fingerprint density at radius 1 is 1.09 bits per heavy atom. The molecule has 1 amide bonds. The van der Waals surface area contributed by atoms with Crippen LogP contribution in [0, 0.1) is 0 Å². The highest BCUT2D eigenvalue weighted by Crippen LogP contribution is 2.19. The van der Waals surface area contributed by atoms with Crippen molar-refractivity contribution in [2.45, 2.75) is 45.4 Å². The van der Waals surface area contributed by atoms with E-state index in [1.54, 1.807) is 0 Å². The second-order valence-electron chi connectivity index (χ2n) is 5.86. The Bertz CT molecular complexity index is 439. The van der Waals surface area contributed by atoms with Gasteiger partial charge < -0.3 is 15.0 Å². The number of benzene rings is 1. The smallest absolute Gasteiger partial charge is 0.224 e. The quantitative estimate of drug-likeness (QED) is 0.742. The van der Waals surface area contributed by atoms with Crippen molar-refractivity contribution in [1.29, 1.82) is 0 Å². The van der Waals surface area contributed by atoms with Crippen LogP contribution in [0.4, 0.5) is 11.4 Å². The third-order valence-electron chi connectivity index (χ3n) is 4.03. The van der Waals surface area contributed by atoms with Crippen molar-refractivity contribution in [3.05, 3.63) is 24.3 Å². The summed E-state index contributed by atoms with van der Waals surface area (Å²) < 4.78 is 5.36. The predicted molar refractivity (Wildman–Crippen MR) is 91.5 cm³/mol. The van der Waals surface area contributed by atoms with E-state index in [9.17, 15) is 4.79 Å². The number of carbonyl (C=O) groups excluding carboxylic acids is 1. The van der Waals surface area contributed by atoms with Gasteiger partial charge >= 0.3 is 0 Å². The highest BCUT2D eigenvalue weighted by Gasteiger charge is 2.11. The van der Waals surface area contributed by atoms with Gasteiger partial charge in [0.2, 0.25) is 5.91 Å². The van der Waals surface area contributed by atoms with Gasteiger partial charge in [0.25, 0.3) is 0 Å². The molecule has 122 valence electrons. The van der Waals surface area contributed by atoms with E-state index < -0.39 is 0 Å². The maximum atomic E-state index is 11.9. The van der Waals surface area contributed by atoms with Crippen LogP contribution >= 0.6 is 0 Å². The standard InChI is InChI=1S/C18H28N2O2/c1-2-3-4-5-6-7-18(21)19-16-8-10-17(11-9-16)20-12-14-22-15-13-20/h8-11H,2-7,12-15H2,1H3,(H,19,21). The van der Waals surface area contributed by atoms with Crippen molar-refractivity contribution >= 4 is 17.3 Å². The minimum atomic E-state index is 0.121. The zero-order chi connectivity index (χ0) is 15.6. The minimum Gasteiger partial charge on any atom is -0.378 e. The first-order valence-electron chi connectivity index (χ1n) is 8.52. The number of rotatable bonds is 8. The Morgan fingerprint density at radius 2 is 1.77 bits per heavy atom. The van der Waals surface area contributed by atoms with E-state index in [1.807, 2.05) is 12.1 Å². The summed E-state index contributed by atoms with van der Waals surface area (Å²) in [5.74, 6) is 0.121. The van der Waals surface area contributed by atoms with Crippen molar-refractivity contribution in [1.82, 2.24) is 0 Å². The summed E-state index contributed by atoms with van der Waals surface area (Å²) in [5, 5.41) is 2.98. The third-order valence-corrected chi connectivity index (χ3v) is 4.03. The van der Waals surface area contributed by atoms with E-state index >= 15 is 0 Å². The van der Waals surface area contributed by atoms with Crippen molar-refractivity contribution in [3.63, 3.8) is 0 Å². The highest BCUT2D eigenvalue weighted by atomic mass is 16.5. The molecule has 0 aliphatic carbocycles. The minimum absolute atomic E-state index is 0.121. The highest BCUT2D eigenvalue weighted by molar-refractivity contribution is 5.90. The largest absolute Gasteiger partial charge is 0.378 e. The lowest BCUT2D eigenvalue weighted by Crippen LogP contribution is -2.36. The van der Waals surface area contributed by atoms with Crippen molar-refractivity contribution < 1.29 is 9.53 Å². The monoisotopic (exact) mass is 304 g/mol. The first-order chi connectivity index (χ1) is 10.8. The normalized spacial score (nSPS) is 14.9. The first kappa shape index (κ1) is 16.8. The van der Waals surface area contributed by atoms with Crippen molar-refractivity contribution in [2.75, 3.05) is 36.5 Å². The lowest BCUT2D eigenvalue weighted by atomic mass is 10.1. The second-order valence-corrected chi connectivity index (χ2v) is 5.86. The van der Waals surface area contributed by atoms with Gasteiger partial charge in [-0.15, -0.1) is 0 Å². The fourth-order valence-corrected chi connectivity index (χ4v) is 2.69. The van der Waals surface area contributed by atoms with E-state index in [-0.39, 0.29) is 5.91 Å². The SMILES string of the molecule is CCCCCCCC(=O)Nc1ccc(N2CCOCC2)cc1. The first-order valence-corrected chi connectivity index (χ1v) is 8.52. The van der Waals surface area contributed by atoms with E-state index in [2.05, 4.69) is 29.3 Å². The Morgan fingerprint density at radius 3 is 2.45 bits per heavy atom. The molecular weight excluding hydrogens is 276 g/mol. The summed E-state index contributed by atoms with van der Waals surface area (Å²) in [6, 6.07) is 8.12. The number of hydrogen-bond donors (Lipinski definition) is 1. The van der Waals surface area contributed by atoms with E-state index in [0.29, 0.717) is 6.42 Å². The third kappa shape index (κ3) is 5.68. The molecule has 0 unspecified atom stereocenters. The molecule has 22 heavy (non-hydrogen) atoms. The van der Waals surface area contributed by atoms with Gasteiger partial charge in [0, 0.05) is 30.9 Å². The Labute approximate surface area is 133 Å². The van der Waals surface area contributed by atoms with Crippen LogP contribution in [-0.4, -0.2) is 32.2 Å². The molecule has 1 saturated heterocycles. The fourth-order valence-electron chi connectivity index (χ4n) is 2.69. The summed E-state index contributed by atoms with van der Waals surface area (Å²) in [6.45, 7) is 5.65. The molecule has 0 radical (unpaired) electrons. The van der Waals surface area contributed by atoms with E-state index in [1.165, 1.54) is 24.9 Å². The second kappa shape index (κ2) is 9.46. The average Bonchev–Trinajstić information content (AvgIpc) is 2.56. The lowest BCUT2D eigenvalue weighted by Gasteiger charge is -2.28. The molecule has 0 bridgehead atoms. The molecule has 4 nitrogen and oxygen atoms in total. The molecule has 4 heteroatoms. The van der Waals surface area contributed by atoms with Gasteiger partial charge in [-0.05, 0) is 30.7 Å². The Hall–Kier alpha value is -1.55. The maximum Gasteiger partial charge on any atom is 0.224 e. The molecule has 0 aromatic heterocycles. The van der Waals surface area contributed by atoms with Crippen LogP contribution in [0.15, 0.2) is 24.3 Å². The number of nitrogens with zero attached hydrogens (tertiary/aromatic N) is 1. The van der Waals surface area contributed by atoms with Gasteiger partial charge in [-0.2, -0.15) is 0 Å². The number of morpholine rings is 1. The van der Waals surface area contributed by atoms with Crippen LogP contribution in [0.1, 0.15) is 45.4 Å².